The predicted octanol–water partition coefficient (Wildman–Crippen LogP) is 13.0. The lowest BCUT2D eigenvalue weighted by molar-refractivity contribution is -0.161. The lowest BCUT2D eigenvalue weighted by Crippen LogP contribution is -2.29. The summed E-state index contributed by atoms with van der Waals surface area (Å²) < 4.78 is 32.6. The van der Waals surface area contributed by atoms with Gasteiger partial charge in [0, 0.05) is 19.4 Å². The number of hydrogen-bond acceptors (Lipinski definition) is 8. The van der Waals surface area contributed by atoms with Gasteiger partial charge in [-0.2, -0.15) is 0 Å². The van der Waals surface area contributed by atoms with Crippen molar-refractivity contribution in [3.05, 3.63) is 12.2 Å². The van der Waals surface area contributed by atoms with Crippen LogP contribution in [0.2, 0.25) is 0 Å². The van der Waals surface area contributed by atoms with Crippen molar-refractivity contribution in [1.82, 2.24) is 0 Å². The number of hydrogen-bond donors (Lipinski definition) is 2. The number of carbonyl (C=O) groups is 2. The minimum Gasteiger partial charge on any atom is -0.462 e. The minimum absolute atomic E-state index is 0.0562. The maximum absolute atomic E-state index is 12.5. The van der Waals surface area contributed by atoms with Crippen molar-refractivity contribution in [1.29, 1.82) is 0 Å². The molecule has 0 saturated heterocycles. The third-order valence-corrected chi connectivity index (χ3v) is 10.9. The van der Waals surface area contributed by atoms with E-state index in [4.69, 9.17) is 24.3 Å². The molecule has 0 aliphatic rings. The van der Waals surface area contributed by atoms with E-state index in [0.717, 1.165) is 38.5 Å². The van der Waals surface area contributed by atoms with Crippen LogP contribution >= 0.6 is 7.82 Å². The Balaban J connectivity index is 3.83. The molecule has 0 saturated carbocycles. The van der Waals surface area contributed by atoms with E-state index in [2.05, 4.69) is 26.0 Å². The van der Waals surface area contributed by atoms with Crippen LogP contribution in [0.3, 0.4) is 0 Å². The fourth-order valence-corrected chi connectivity index (χ4v) is 7.28. The number of esters is 2. The number of phosphoric ester groups is 1. The summed E-state index contributed by atoms with van der Waals surface area (Å²) in [6.45, 7) is 3.68. The van der Waals surface area contributed by atoms with Crippen LogP contribution in [0.25, 0.3) is 0 Å². The molecule has 0 aliphatic carbocycles. The van der Waals surface area contributed by atoms with Crippen LogP contribution in [-0.4, -0.2) is 49.3 Å². The van der Waals surface area contributed by atoms with Crippen LogP contribution in [0.4, 0.5) is 0 Å². The summed E-state index contributed by atoms with van der Waals surface area (Å²) in [4.78, 5) is 34.6. The van der Waals surface area contributed by atoms with Crippen molar-refractivity contribution in [3.8, 4) is 0 Å². The topological polar surface area (TPSA) is 134 Å². The van der Waals surface area contributed by atoms with Crippen LogP contribution in [0.1, 0.15) is 226 Å². The highest BCUT2D eigenvalue weighted by atomic mass is 31.2. The average molecular weight is 788 g/mol. The quantitative estimate of drug-likeness (QED) is 0.0268. The van der Waals surface area contributed by atoms with Crippen LogP contribution in [-0.2, 0) is 32.7 Å². The van der Waals surface area contributed by atoms with Crippen molar-refractivity contribution in [2.24, 2.45) is 5.73 Å². The maximum Gasteiger partial charge on any atom is 0.472 e. The Morgan fingerprint density at radius 2 is 0.907 bits per heavy atom. The third-order valence-electron chi connectivity index (χ3n) is 9.90. The summed E-state index contributed by atoms with van der Waals surface area (Å²) in [5.41, 5.74) is 5.33. The highest BCUT2D eigenvalue weighted by Gasteiger charge is 2.26. The zero-order valence-electron chi connectivity index (χ0n) is 35.2. The first-order valence-electron chi connectivity index (χ1n) is 22.7. The third kappa shape index (κ3) is 40.4. The number of carbonyl (C=O) groups excluding carboxylic acids is 2. The maximum atomic E-state index is 12.5. The van der Waals surface area contributed by atoms with E-state index in [0.29, 0.717) is 6.42 Å². The number of phosphoric acid groups is 1. The summed E-state index contributed by atoms with van der Waals surface area (Å²) in [5.74, 6) is -0.829. The van der Waals surface area contributed by atoms with E-state index < -0.39 is 26.5 Å². The molecule has 0 amide bonds. The molecule has 0 aromatic carbocycles. The van der Waals surface area contributed by atoms with E-state index in [1.807, 2.05) is 0 Å². The fraction of sp³-hybridized carbons (Fsp3) is 0.909. The second-order valence-electron chi connectivity index (χ2n) is 15.3. The summed E-state index contributed by atoms with van der Waals surface area (Å²) in [6, 6.07) is 0. The normalized spacial score (nSPS) is 13.3. The van der Waals surface area contributed by atoms with Crippen LogP contribution < -0.4 is 5.73 Å². The van der Waals surface area contributed by atoms with Crippen molar-refractivity contribution in [3.63, 3.8) is 0 Å². The predicted molar refractivity (Wildman–Crippen MR) is 224 cm³/mol. The molecule has 0 rings (SSSR count). The van der Waals surface area contributed by atoms with Gasteiger partial charge in [-0.1, -0.05) is 187 Å². The molecule has 2 atom stereocenters. The van der Waals surface area contributed by atoms with Crippen molar-refractivity contribution < 1.29 is 37.6 Å². The van der Waals surface area contributed by atoms with Crippen LogP contribution in [0, 0.1) is 0 Å². The van der Waals surface area contributed by atoms with Crippen LogP contribution in [0.5, 0.6) is 0 Å². The van der Waals surface area contributed by atoms with E-state index >= 15 is 0 Å². The molecule has 9 nitrogen and oxygen atoms in total. The lowest BCUT2D eigenvalue weighted by atomic mass is 10.0. The Morgan fingerprint density at radius 1 is 0.537 bits per heavy atom. The van der Waals surface area contributed by atoms with E-state index in [-0.39, 0.29) is 38.6 Å². The van der Waals surface area contributed by atoms with E-state index in [1.54, 1.807) is 0 Å². The number of nitrogens with two attached hydrogens (primary N) is 1. The Labute approximate surface area is 332 Å². The first kappa shape index (κ1) is 52.8. The molecule has 0 spiro atoms. The van der Waals surface area contributed by atoms with Gasteiger partial charge in [0.15, 0.2) is 6.10 Å². The molecule has 0 fully saturated rings. The zero-order valence-corrected chi connectivity index (χ0v) is 36.1. The molecule has 0 aromatic rings. The smallest absolute Gasteiger partial charge is 0.462 e. The first-order chi connectivity index (χ1) is 26.3. The largest absolute Gasteiger partial charge is 0.472 e. The number of unbranched alkanes of at least 4 members (excludes halogenated alkanes) is 28. The molecule has 320 valence electrons. The van der Waals surface area contributed by atoms with Crippen molar-refractivity contribution in [2.75, 3.05) is 26.4 Å². The van der Waals surface area contributed by atoms with E-state index in [9.17, 15) is 19.0 Å². The van der Waals surface area contributed by atoms with Gasteiger partial charge >= 0.3 is 19.8 Å². The summed E-state index contributed by atoms with van der Waals surface area (Å²) in [7, 11) is -4.36. The number of ether oxygens (including phenoxy) is 2. The van der Waals surface area contributed by atoms with Crippen molar-refractivity contribution in [2.45, 2.75) is 232 Å². The Bertz CT molecular complexity index is 902. The summed E-state index contributed by atoms with van der Waals surface area (Å²) in [5, 5.41) is 0. The van der Waals surface area contributed by atoms with Gasteiger partial charge in [0.05, 0.1) is 13.2 Å². The molecular weight excluding hydrogens is 701 g/mol. The second kappa shape index (κ2) is 41.4. The van der Waals surface area contributed by atoms with E-state index in [1.165, 1.54) is 154 Å². The van der Waals surface area contributed by atoms with Gasteiger partial charge in [-0.3, -0.25) is 18.6 Å². The lowest BCUT2D eigenvalue weighted by Gasteiger charge is -2.19. The zero-order chi connectivity index (χ0) is 39.6. The highest BCUT2D eigenvalue weighted by molar-refractivity contribution is 7.47. The molecule has 0 heterocycles. The van der Waals surface area contributed by atoms with Gasteiger partial charge in [0.2, 0.25) is 0 Å². The van der Waals surface area contributed by atoms with Gasteiger partial charge in [-0.25, -0.2) is 4.57 Å². The fourth-order valence-electron chi connectivity index (χ4n) is 6.51. The average Bonchev–Trinajstić information content (AvgIpc) is 3.16. The molecule has 10 heteroatoms. The summed E-state index contributed by atoms with van der Waals surface area (Å²) >= 11 is 0. The molecular formula is C44H86NO8P. The molecule has 0 bridgehead atoms. The summed E-state index contributed by atoms with van der Waals surface area (Å²) in [6.07, 6.45) is 43.0. The van der Waals surface area contributed by atoms with Crippen LogP contribution in [0.15, 0.2) is 12.2 Å². The number of allylic oxidation sites excluding steroid dienone is 2. The standard InChI is InChI=1S/C44H86NO8P/c1-3-5-7-9-11-12-13-14-15-16-17-18-19-20-21-22-23-24-25-26-27-28-29-30-31-33-35-37-44(47)53-42(41-52-54(48,49)51-39-38-45)40-50-43(46)36-34-32-10-8-6-4-2/h16-17,42H,3-15,18-41,45H2,1-2H3,(H,48,49)/b17-16-. The van der Waals surface area contributed by atoms with Gasteiger partial charge in [0.1, 0.15) is 6.61 Å². The molecule has 0 aliphatic heterocycles. The second-order valence-corrected chi connectivity index (χ2v) is 16.7. The Hall–Kier alpha value is -1.25. The van der Waals surface area contributed by atoms with Gasteiger partial charge in [-0.15, -0.1) is 0 Å². The van der Waals surface area contributed by atoms with Gasteiger partial charge in [0.25, 0.3) is 0 Å². The minimum atomic E-state index is -4.36. The van der Waals surface area contributed by atoms with Crippen molar-refractivity contribution >= 4 is 19.8 Å². The Morgan fingerprint density at radius 3 is 1.31 bits per heavy atom. The first-order valence-corrected chi connectivity index (χ1v) is 24.2. The monoisotopic (exact) mass is 788 g/mol. The molecule has 0 aromatic heterocycles. The Kier molecular flexibility index (Phi) is 40.4. The molecule has 2 unspecified atom stereocenters. The van der Waals surface area contributed by atoms with Gasteiger partial charge < -0.3 is 20.1 Å². The van der Waals surface area contributed by atoms with Gasteiger partial charge in [-0.05, 0) is 38.5 Å². The molecule has 3 N–H and O–H groups in total. The number of rotatable bonds is 43. The molecule has 0 radical (unpaired) electrons. The SMILES string of the molecule is CCCCCCCCCC/C=C\CCCCCCCCCCCCCCCCCC(=O)OC(COC(=O)CCCCCCCC)COP(=O)(O)OCCN. The molecule has 54 heavy (non-hydrogen) atoms. The highest BCUT2D eigenvalue weighted by Crippen LogP contribution is 2.43.